The molecule has 136 valence electrons. The largest absolute Gasteiger partial charge is 0.488 e. The van der Waals surface area contributed by atoms with Gasteiger partial charge in [0.25, 0.3) is 0 Å². The zero-order valence-corrected chi connectivity index (χ0v) is 16.1. The average molecular weight is 335 g/mol. The van der Waals surface area contributed by atoms with Crippen molar-refractivity contribution in [2.45, 2.75) is 46.3 Å². The molecule has 0 fully saturated rings. The first kappa shape index (κ1) is 20.3. The van der Waals surface area contributed by atoms with Crippen molar-refractivity contribution >= 4 is 5.96 Å². The van der Waals surface area contributed by atoms with Crippen LogP contribution in [-0.4, -0.2) is 50.2 Å². The van der Waals surface area contributed by atoms with E-state index in [-0.39, 0.29) is 5.60 Å². The number of nitrogens with one attached hydrogen (secondary N) is 2. The number of para-hydroxylation sites is 1. The molecule has 0 atom stereocenters. The Kier molecular flexibility index (Phi) is 8.61. The maximum absolute atomic E-state index is 6.03. The third-order valence-electron chi connectivity index (χ3n) is 3.22. The molecule has 0 aliphatic carbocycles. The molecule has 0 aliphatic rings. The first-order valence-corrected chi connectivity index (χ1v) is 8.75. The van der Waals surface area contributed by atoms with Gasteiger partial charge in [0.2, 0.25) is 0 Å². The lowest BCUT2D eigenvalue weighted by molar-refractivity contribution is 0.129. The summed E-state index contributed by atoms with van der Waals surface area (Å²) in [5, 5.41) is 6.68. The number of hydrogen-bond acceptors (Lipinski definition) is 3. The molecule has 5 nitrogen and oxygen atoms in total. The topological polar surface area (TPSA) is 48.9 Å². The van der Waals surface area contributed by atoms with Crippen molar-refractivity contribution in [2.75, 3.05) is 33.7 Å². The van der Waals surface area contributed by atoms with Crippen molar-refractivity contribution in [2.24, 2.45) is 4.99 Å². The van der Waals surface area contributed by atoms with Crippen LogP contribution in [0.15, 0.2) is 29.3 Å². The maximum atomic E-state index is 6.03. The molecule has 0 heterocycles. The molecule has 5 heteroatoms. The summed E-state index contributed by atoms with van der Waals surface area (Å²) in [7, 11) is 4.18. The van der Waals surface area contributed by atoms with Gasteiger partial charge >= 0.3 is 0 Å². The van der Waals surface area contributed by atoms with E-state index in [4.69, 9.17) is 9.73 Å². The van der Waals surface area contributed by atoms with Crippen LogP contribution in [0.1, 0.15) is 39.7 Å². The molecule has 0 aromatic heterocycles. The average Bonchev–Trinajstić information content (AvgIpc) is 2.48. The molecule has 24 heavy (non-hydrogen) atoms. The summed E-state index contributed by atoms with van der Waals surface area (Å²) in [6.07, 6.45) is 1.08. The van der Waals surface area contributed by atoms with E-state index in [9.17, 15) is 0 Å². The molecule has 0 spiro atoms. The predicted octanol–water partition coefficient (Wildman–Crippen LogP) is 2.87. The molecule has 0 bridgehead atoms. The molecule has 0 aliphatic heterocycles. The van der Waals surface area contributed by atoms with Crippen LogP contribution in [-0.2, 0) is 6.54 Å². The molecule has 1 rings (SSSR count). The van der Waals surface area contributed by atoms with Gasteiger partial charge in [-0.1, -0.05) is 18.2 Å². The Morgan fingerprint density at radius 3 is 2.50 bits per heavy atom. The lowest BCUT2D eigenvalue weighted by Crippen LogP contribution is -2.38. The number of ether oxygens (including phenoxy) is 1. The van der Waals surface area contributed by atoms with Gasteiger partial charge in [-0.25, -0.2) is 4.99 Å². The third kappa shape index (κ3) is 8.77. The second-order valence-corrected chi connectivity index (χ2v) is 7.10. The minimum Gasteiger partial charge on any atom is -0.488 e. The minimum atomic E-state index is -0.214. The highest BCUT2D eigenvalue weighted by Crippen LogP contribution is 2.23. The van der Waals surface area contributed by atoms with Crippen molar-refractivity contribution < 1.29 is 4.74 Å². The van der Waals surface area contributed by atoms with Gasteiger partial charge in [0.15, 0.2) is 5.96 Å². The van der Waals surface area contributed by atoms with E-state index in [0.29, 0.717) is 6.54 Å². The van der Waals surface area contributed by atoms with Crippen LogP contribution in [0, 0.1) is 0 Å². The molecular formula is C19H34N4O. The van der Waals surface area contributed by atoms with Crippen LogP contribution in [0.3, 0.4) is 0 Å². The van der Waals surface area contributed by atoms with Crippen molar-refractivity contribution in [3.63, 3.8) is 0 Å². The summed E-state index contributed by atoms with van der Waals surface area (Å²) in [4.78, 5) is 6.88. The van der Waals surface area contributed by atoms with Gasteiger partial charge in [0.1, 0.15) is 11.4 Å². The molecular weight excluding hydrogens is 300 g/mol. The second kappa shape index (κ2) is 10.2. The molecule has 0 saturated carbocycles. The number of guanidine groups is 1. The van der Waals surface area contributed by atoms with Gasteiger partial charge in [-0.2, -0.15) is 0 Å². The van der Waals surface area contributed by atoms with Gasteiger partial charge < -0.3 is 20.3 Å². The predicted molar refractivity (Wildman–Crippen MR) is 103 cm³/mol. The van der Waals surface area contributed by atoms with Gasteiger partial charge in [0.05, 0.1) is 6.54 Å². The quantitative estimate of drug-likeness (QED) is 0.436. The fourth-order valence-corrected chi connectivity index (χ4v) is 2.17. The molecule has 0 saturated heterocycles. The number of nitrogens with zero attached hydrogens (tertiary/aromatic N) is 2. The summed E-state index contributed by atoms with van der Waals surface area (Å²) in [5.41, 5.74) is 0.882. The fourth-order valence-electron chi connectivity index (χ4n) is 2.17. The lowest BCUT2D eigenvalue weighted by atomic mass is 10.1. The first-order chi connectivity index (χ1) is 11.3. The van der Waals surface area contributed by atoms with Crippen LogP contribution in [0.5, 0.6) is 5.75 Å². The second-order valence-electron chi connectivity index (χ2n) is 7.10. The van der Waals surface area contributed by atoms with Crippen LogP contribution in [0.25, 0.3) is 0 Å². The Labute approximate surface area is 147 Å². The third-order valence-corrected chi connectivity index (χ3v) is 3.22. The zero-order valence-electron chi connectivity index (χ0n) is 16.1. The maximum Gasteiger partial charge on any atom is 0.191 e. The van der Waals surface area contributed by atoms with Crippen LogP contribution < -0.4 is 15.4 Å². The van der Waals surface area contributed by atoms with E-state index < -0.39 is 0 Å². The molecule has 0 unspecified atom stereocenters. The van der Waals surface area contributed by atoms with Gasteiger partial charge in [0, 0.05) is 18.7 Å². The van der Waals surface area contributed by atoms with E-state index in [0.717, 1.165) is 43.3 Å². The number of aliphatic imine (C=N–C) groups is 1. The standard InChI is InChI=1S/C19H34N4O/c1-7-20-18(21-13-10-14-23(5)6)22-15-16-11-8-9-12-17(16)24-19(2,3)4/h8-9,11-12H,7,10,13-15H2,1-6H3,(H2,20,21,22). The highest BCUT2D eigenvalue weighted by molar-refractivity contribution is 5.79. The zero-order chi connectivity index (χ0) is 18.0. The summed E-state index contributed by atoms with van der Waals surface area (Å²) in [5.74, 6) is 1.75. The highest BCUT2D eigenvalue weighted by Gasteiger charge is 2.14. The monoisotopic (exact) mass is 334 g/mol. The van der Waals surface area contributed by atoms with Gasteiger partial charge in [-0.3, -0.25) is 0 Å². The Morgan fingerprint density at radius 1 is 1.17 bits per heavy atom. The number of rotatable bonds is 8. The van der Waals surface area contributed by atoms with Crippen molar-refractivity contribution in [3.05, 3.63) is 29.8 Å². The van der Waals surface area contributed by atoms with E-state index in [2.05, 4.69) is 63.4 Å². The van der Waals surface area contributed by atoms with Crippen molar-refractivity contribution in [1.82, 2.24) is 15.5 Å². The minimum absolute atomic E-state index is 0.214. The normalized spacial score (nSPS) is 12.4. The molecule has 1 aromatic carbocycles. The van der Waals surface area contributed by atoms with Gasteiger partial charge in [-0.15, -0.1) is 0 Å². The van der Waals surface area contributed by atoms with E-state index in [1.54, 1.807) is 0 Å². The Morgan fingerprint density at radius 2 is 1.88 bits per heavy atom. The van der Waals surface area contributed by atoms with E-state index in [1.807, 2.05) is 18.2 Å². The molecule has 1 aromatic rings. The highest BCUT2D eigenvalue weighted by atomic mass is 16.5. The molecule has 2 N–H and O–H groups in total. The smallest absolute Gasteiger partial charge is 0.191 e. The Balaban J connectivity index is 2.68. The van der Waals surface area contributed by atoms with Crippen LogP contribution >= 0.6 is 0 Å². The van der Waals surface area contributed by atoms with Crippen LogP contribution in [0.4, 0.5) is 0 Å². The number of hydrogen-bond donors (Lipinski definition) is 2. The van der Waals surface area contributed by atoms with Crippen LogP contribution in [0.2, 0.25) is 0 Å². The van der Waals surface area contributed by atoms with E-state index >= 15 is 0 Å². The first-order valence-electron chi connectivity index (χ1n) is 8.75. The molecule has 0 radical (unpaired) electrons. The van der Waals surface area contributed by atoms with E-state index in [1.165, 1.54) is 0 Å². The Hall–Kier alpha value is -1.75. The molecule has 0 amide bonds. The van der Waals surface area contributed by atoms with Crippen molar-refractivity contribution in [3.8, 4) is 5.75 Å². The summed E-state index contributed by atoms with van der Waals surface area (Å²) in [6.45, 7) is 11.7. The SMILES string of the molecule is CCNC(=NCc1ccccc1OC(C)(C)C)NCCCN(C)C. The number of benzene rings is 1. The lowest BCUT2D eigenvalue weighted by Gasteiger charge is -2.23. The summed E-state index contributed by atoms with van der Waals surface area (Å²) in [6, 6.07) is 8.10. The Bertz CT molecular complexity index is 506. The fraction of sp³-hybridized carbons (Fsp3) is 0.632. The summed E-state index contributed by atoms with van der Waals surface area (Å²) >= 11 is 0. The van der Waals surface area contributed by atoms with Crippen molar-refractivity contribution in [1.29, 1.82) is 0 Å². The summed E-state index contributed by atoms with van der Waals surface area (Å²) < 4.78 is 6.03. The van der Waals surface area contributed by atoms with Gasteiger partial charge in [-0.05, 0) is 60.8 Å².